The number of anilines is 1. The number of nitrogen functional groups attached to an aromatic ring is 1. The van der Waals surface area contributed by atoms with E-state index in [1.165, 1.54) is 11.8 Å². The highest BCUT2D eigenvalue weighted by Gasteiger charge is 2.27. The summed E-state index contributed by atoms with van der Waals surface area (Å²) in [5, 5.41) is 7.89. The van der Waals surface area contributed by atoms with E-state index in [-0.39, 0.29) is 12.6 Å². The number of nitrogens with two attached hydrogens (primary N) is 1. The lowest BCUT2D eigenvalue weighted by molar-refractivity contribution is -0.172. The number of rotatable bonds is 5. The van der Waals surface area contributed by atoms with Crippen molar-refractivity contribution in [1.82, 2.24) is 14.8 Å². The Kier molecular flexibility index (Phi) is 4.42. The second kappa shape index (κ2) is 5.39. The molecule has 2 N–H and O–H groups in total. The molecule has 0 fully saturated rings. The molecule has 0 aliphatic carbocycles. The van der Waals surface area contributed by atoms with E-state index in [0.717, 1.165) is 0 Å². The molecule has 0 radical (unpaired) electrons. The van der Waals surface area contributed by atoms with Gasteiger partial charge in [-0.2, -0.15) is 13.2 Å². The molecule has 1 aromatic heterocycles. The van der Waals surface area contributed by atoms with Crippen LogP contribution in [0.1, 0.15) is 0 Å². The van der Waals surface area contributed by atoms with Gasteiger partial charge in [-0.1, -0.05) is 11.8 Å². The number of hydrogen-bond donors (Lipinski definition) is 1. The molecule has 0 bridgehead atoms. The van der Waals surface area contributed by atoms with Crippen LogP contribution in [0, 0.1) is 0 Å². The quantitative estimate of drug-likeness (QED) is 0.630. The highest BCUT2D eigenvalue weighted by molar-refractivity contribution is 7.99. The van der Waals surface area contributed by atoms with Crippen LogP contribution in [0.2, 0.25) is 0 Å². The zero-order chi connectivity index (χ0) is 12.2. The number of halogens is 3. The van der Waals surface area contributed by atoms with Crippen molar-refractivity contribution in [3.05, 3.63) is 0 Å². The highest BCUT2D eigenvalue weighted by atomic mass is 32.2. The molecule has 0 spiro atoms. The fraction of sp³-hybridized carbons (Fsp3) is 0.714. The summed E-state index contributed by atoms with van der Waals surface area (Å²) >= 11 is 1.24. The van der Waals surface area contributed by atoms with Crippen LogP contribution in [0.3, 0.4) is 0 Å². The summed E-state index contributed by atoms with van der Waals surface area (Å²) in [6, 6.07) is 0. The average molecular weight is 256 g/mol. The van der Waals surface area contributed by atoms with Crippen LogP contribution in [0.25, 0.3) is 0 Å². The molecular weight excluding hydrogens is 245 g/mol. The molecular formula is C7H11F3N4OS. The molecule has 0 aliphatic rings. The standard InChI is InChI=1S/C7H11F3N4OS/c1-14-5(11)12-13-6(14)16-3-2-15-4-7(8,9)10/h2-4H2,1H3,(H2,11,12). The maximum Gasteiger partial charge on any atom is 0.411 e. The second-order valence-corrected chi connectivity index (χ2v) is 3.98. The van der Waals surface area contributed by atoms with Gasteiger partial charge in [-0.3, -0.25) is 4.57 Å². The monoisotopic (exact) mass is 256 g/mol. The minimum atomic E-state index is -4.28. The number of nitrogens with zero attached hydrogens (tertiary/aromatic N) is 3. The first kappa shape index (κ1) is 13.1. The topological polar surface area (TPSA) is 66.0 Å². The molecule has 1 heterocycles. The smallest absolute Gasteiger partial charge is 0.371 e. The maximum atomic E-state index is 11.7. The third-order valence-electron chi connectivity index (χ3n) is 1.59. The summed E-state index contributed by atoms with van der Waals surface area (Å²) in [5.74, 6) is 0.626. The Morgan fingerprint density at radius 3 is 2.62 bits per heavy atom. The Morgan fingerprint density at radius 2 is 2.12 bits per heavy atom. The van der Waals surface area contributed by atoms with Gasteiger partial charge in [0.1, 0.15) is 6.61 Å². The number of ether oxygens (including phenoxy) is 1. The van der Waals surface area contributed by atoms with E-state index in [4.69, 9.17) is 5.73 Å². The largest absolute Gasteiger partial charge is 0.411 e. The van der Waals surface area contributed by atoms with Crippen LogP contribution in [0.15, 0.2) is 5.16 Å². The van der Waals surface area contributed by atoms with E-state index >= 15 is 0 Å². The van der Waals surface area contributed by atoms with Gasteiger partial charge in [-0.15, -0.1) is 10.2 Å². The Bertz CT molecular complexity index is 341. The molecule has 1 rings (SSSR count). The van der Waals surface area contributed by atoms with Crippen LogP contribution in [0.4, 0.5) is 19.1 Å². The van der Waals surface area contributed by atoms with Gasteiger partial charge in [0.15, 0.2) is 5.16 Å². The van der Waals surface area contributed by atoms with Gasteiger partial charge >= 0.3 is 6.18 Å². The lowest BCUT2D eigenvalue weighted by atomic mass is 10.7. The molecule has 0 saturated carbocycles. The van der Waals surface area contributed by atoms with Crippen molar-refractivity contribution < 1.29 is 17.9 Å². The van der Waals surface area contributed by atoms with Crippen LogP contribution >= 0.6 is 11.8 Å². The molecule has 0 atom stereocenters. The van der Waals surface area contributed by atoms with Gasteiger partial charge < -0.3 is 10.5 Å². The lowest BCUT2D eigenvalue weighted by Crippen LogP contribution is -2.17. The van der Waals surface area contributed by atoms with E-state index in [2.05, 4.69) is 14.9 Å². The summed E-state index contributed by atoms with van der Waals surface area (Å²) in [5.41, 5.74) is 5.42. The number of alkyl halides is 3. The molecule has 1 aromatic rings. The van der Waals surface area contributed by atoms with E-state index in [1.807, 2.05) is 0 Å². The van der Waals surface area contributed by atoms with Crippen LogP contribution in [-0.4, -0.2) is 39.9 Å². The van der Waals surface area contributed by atoms with Crippen molar-refractivity contribution in [3.63, 3.8) is 0 Å². The predicted molar refractivity (Wildman–Crippen MR) is 53.0 cm³/mol. The normalized spacial score (nSPS) is 12.0. The van der Waals surface area contributed by atoms with Gasteiger partial charge in [-0.05, 0) is 0 Å². The van der Waals surface area contributed by atoms with Gasteiger partial charge in [-0.25, -0.2) is 0 Å². The van der Waals surface area contributed by atoms with Crippen molar-refractivity contribution >= 4 is 17.7 Å². The van der Waals surface area contributed by atoms with Gasteiger partial charge in [0.05, 0.1) is 6.61 Å². The number of aromatic nitrogens is 3. The summed E-state index contributed by atoms with van der Waals surface area (Å²) in [4.78, 5) is 0. The van der Waals surface area contributed by atoms with Crippen molar-refractivity contribution in [3.8, 4) is 0 Å². The Balaban J connectivity index is 2.19. The fourth-order valence-corrected chi connectivity index (χ4v) is 1.60. The average Bonchev–Trinajstić information content (AvgIpc) is 2.47. The molecule has 16 heavy (non-hydrogen) atoms. The molecule has 0 amide bonds. The minimum Gasteiger partial charge on any atom is -0.371 e. The predicted octanol–water partition coefficient (Wildman–Crippen LogP) is 1.07. The molecule has 9 heteroatoms. The van der Waals surface area contributed by atoms with Gasteiger partial charge in [0, 0.05) is 12.8 Å². The maximum absolute atomic E-state index is 11.7. The fourth-order valence-electron chi connectivity index (χ4n) is 0.832. The summed E-state index contributed by atoms with van der Waals surface area (Å²) in [7, 11) is 1.67. The third kappa shape index (κ3) is 4.27. The molecule has 0 unspecified atom stereocenters. The van der Waals surface area contributed by atoms with E-state index in [1.54, 1.807) is 11.6 Å². The number of hydrogen-bond acceptors (Lipinski definition) is 5. The first-order valence-corrected chi connectivity index (χ1v) is 5.31. The van der Waals surface area contributed by atoms with Gasteiger partial charge in [0.25, 0.3) is 0 Å². The summed E-state index contributed by atoms with van der Waals surface area (Å²) < 4.78 is 41.1. The lowest BCUT2D eigenvalue weighted by Gasteiger charge is -2.06. The molecule has 0 aliphatic heterocycles. The summed E-state index contributed by atoms with van der Waals surface area (Å²) in [6.07, 6.45) is -4.28. The van der Waals surface area contributed by atoms with Crippen molar-refractivity contribution in [2.24, 2.45) is 7.05 Å². The van der Waals surface area contributed by atoms with E-state index < -0.39 is 12.8 Å². The van der Waals surface area contributed by atoms with Crippen molar-refractivity contribution in [2.75, 3.05) is 24.7 Å². The van der Waals surface area contributed by atoms with E-state index in [9.17, 15) is 13.2 Å². The van der Waals surface area contributed by atoms with Gasteiger partial charge in [0.2, 0.25) is 5.95 Å². The summed E-state index contributed by atoms with van der Waals surface area (Å²) in [6.45, 7) is -1.23. The third-order valence-corrected chi connectivity index (χ3v) is 2.58. The Hall–Kier alpha value is -0.960. The Labute approximate surface area is 94.2 Å². The second-order valence-electron chi connectivity index (χ2n) is 2.92. The molecule has 0 aromatic carbocycles. The molecule has 0 saturated heterocycles. The zero-order valence-electron chi connectivity index (χ0n) is 8.49. The minimum absolute atomic E-state index is 0.00303. The van der Waals surface area contributed by atoms with Crippen LogP contribution in [0.5, 0.6) is 0 Å². The van der Waals surface area contributed by atoms with Crippen molar-refractivity contribution in [2.45, 2.75) is 11.3 Å². The van der Waals surface area contributed by atoms with Crippen molar-refractivity contribution in [1.29, 1.82) is 0 Å². The van der Waals surface area contributed by atoms with Crippen LogP contribution < -0.4 is 5.73 Å². The zero-order valence-corrected chi connectivity index (χ0v) is 9.31. The first-order valence-electron chi connectivity index (χ1n) is 4.32. The number of thioether (sulfide) groups is 1. The first-order chi connectivity index (χ1) is 7.40. The Morgan fingerprint density at radius 1 is 1.44 bits per heavy atom. The van der Waals surface area contributed by atoms with Crippen LogP contribution in [-0.2, 0) is 11.8 Å². The molecule has 5 nitrogen and oxygen atoms in total. The van der Waals surface area contributed by atoms with E-state index in [0.29, 0.717) is 10.9 Å². The highest BCUT2D eigenvalue weighted by Crippen LogP contribution is 2.17. The SMILES string of the molecule is Cn1c(N)nnc1SCCOCC(F)(F)F. The molecule has 92 valence electrons.